The molecule has 84 valence electrons. The van der Waals surface area contributed by atoms with Crippen molar-refractivity contribution >= 4 is 22.9 Å². The minimum absolute atomic E-state index is 0.590. The minimum atomic E-state index is 0.590. The van der Waals surface area contributed by atoms with Crippen LogP contribution in [-0.2, 0) is 5.88 Å². The van der Waals surface area contributed by atoms with E-state index in [0.717, 1.165) is 0 Å². The van der Waals surface area contributed by atoms with E-state index in [2.05, 4.69) is 44.4 Å². The third-order valence-electron chi connectivity index (χ3n) is 2.86. The third-order valence-corrected chi connectivity index (χ3v) is 4.11. The van der Waals surface area contributed by atoms with Crippen molar-refractivity contribution < 1.29 is 0 Å². The molecule has 2 heteroatoms. The molecule has 1 aromatic carbocycles. The van der Waals surface area contributed by atoms with Gasteiger partial charge in [0.2, 0.25) is 0 Å². The lowest BCUT2D eigenvalue weighted by Gasteiger charge is -2.09. The fraction of sp³-hybridized carbons (Fsp3) is 0.286. The van der Waals surface area contributed by atoms with Crippen molar-refractivity contribution in [3.8, 4) is 11.1 Å². The van der Waals surface area contributed by atoms with Gasteiger partial charge >= 0.3 is 0 Å². The monoisotopic (exact) mass is 250 g/mol. The van der Waals surface area contributed by atoms with Gasteiger partial charge in [0.05, 0.1) is 0 Å². The Morgan fingerprint density at radius 3 is 2.62 bits per heavy atom. The Hall–Kier alpha value is -0.790. The third kappa shape index (κ3) is 2.02. The molecule has 0 nitrogen and oxygen atoms in total. The normalized spacial score (nSPS) is 10.8. The van der Waals surface area contributed by atoms with Gasteiger partial charge in [-0.1, -0.05) is 23.8 Å². The zero-order chi connectivity index (χ0) is 11.7. The van der Waals surface area contributed by atoms with Crippen LogP contribution in [0.1, 0.15) is 21.6 Å². The van der Waals surface area contributed by atoms with Gasteiger partial charge in [0.25, 0.3) is 0 Å². The Labute approximate surface area is 106 Å². The Bertz CT molecular complexity index is 511. The first kappa shape index (κ1) is 11.7. The molecule has 0 bridgehead atoms. The van der Waals surface area contributed by atoms with E-state index < -0.39 is 0 Å². The van der Waals surface area contributed by atoms with Crippen LogP contribution in [0.5, 0.6) is 0 Å². The van der Waals surface area contributed by atoms with Crippen LogP contribution in [0.15, 0.2) is 23.6 Å². The first-order chi connectivity index (χ1) is 7.63. The first-order valence-electron chi connectivity index (χ1n) is 5.34. The van der Waals surface area contributed by atoms with Gasteiger partial charge in [0, 0.05) is 10.8 Å². The zero-order valence-electron chi connectivity index (χ0n) is 9.80. The second-order valence-corrected chi connectivity index (χ2v) is 5.50. The predicted molar refractivity (Wildman–Crippen MR) is 73.5 cm³/mol. The summed E-state index contributed by atoms with van der Waals surface area (Å²) >= 11 is 7.77. The van der Waals surface area contributed by atoms with E-state index in [0.29, 0.717) is 5.88 Å². The van der Waals surface area contributed by atoms with Gasteiger partial charge in [-0.2, -0.15) is 0 Å². The number of halogens is 1. The van der Waals surface area contributed by atoms with Gasteiger partial charge in [-0.3, -0.25) is 0 Å². The van der Waals surface area contributed by atoms with Crippen molar-refractivity contribution in [2.75, 3.05) is 0 Å². The van der Waals surface area contributed by atoms with E-state index in [4.69, 9.17) is 11.6 Å². The summed E-state index contributed by atoms with van der Waals surface area (Å²) in [5, 5.41) is 2.17. The standard InChI is InChI=1S/C14H15ClS/c1-9-4-5-10(2)13(6-9)14-11(3)16-8-12(14)7-15/h4-6,8H,7H2,1-3H3. The number of benzene rings is 1. The highest BCUT2D eigenvalue weighted by Gasteiger charge is 2.12. The van der Waals surface area contributed by atoms with Gasteiger partial charge in [-0.25, -0.2) is 0 Å². The van der Waals surface area contributed by atoms with Gasteiger partial charge in [-0.15, -0.1) is 22.9 Å². The van der Waals surface area contributed by atoms with E-state index in [1.165, 1.54) is 32.7 Å². The summed E-state index contributed by atoms with van der Waals surface area (Å²) in [5.41, 5.74) is 6.53. The highest BCUT2D eigenvalue weighted by molar-refractivity contribution is 7.10. The Kier molecular flexibility index (Phi) is 3.36. The maximum absolute atomic E-state index is 5.99. The molecule has 0 radical (unpaired) electrons. The van der Waals surface area contributed by atoms with E-state index in [1.807, 2.05) is 0 Å². The highest BCUT2D eigenvalue weighted by atomic mass is 35.5. The van der Waals surface area contributed by atoms with Crippen LogP contribution < -0.4 is 0 Å². The molecule has 0 N–H and O–H groups in total. The van der Waals surface area contributed by atoms with E-state index in [-0.39, 0.29) is 0 Å². The Morgan fingerprint density at radius 2 is 1.94 bits per heavy atom. The van der Waals surface area contributed by atoms with Crippen molar-refractivity contribution in [3.63, 3.8) is 0 Å². The minimum Gasteiger partial charge on any atom is -0.148 e. The maximum Gasteiger partial charge on any atom is 0.0488 e. The molecular weight excluding hydrogens is 236 g/mol. The second-order valence-electron chi connectivity index (χ2n) is 4.14. The van der Waals surface area contributed by atoms with Gasteiger partial charge in [0.1, 0.15) is 0 Å². The van der Waals surface area contributed by atoms with E-state index in [1.54, 1.807) is 11.3 Å². The molecule has 16 heavy (non-hydrogen) atoms. The topological polar surface area (TPSA) is 0 Å². The summed E-state index contributed by atoms with van der Waals surface area (Å²) < 4.78 is 0. The van der Waals surface area contributed by atoms with Crippen molar-refractivity contribution in [2.24, 2.45) is 0 Å². The number of hydrogen-bond donors (Lipinski definition) is 0. The van der Waals surface area contributed by atoms with Crippen molar-refractivity contribution in [3.05, 3.63) is 45.1 Å². The van der Waals surface area contributed by atoms with Crippen molar-refractivity contribution in [1.29, 1.82) is 0 Å². The molecule has 0 saturated carbocycles. The largest absolute Gasteiger partial charge is 0.148 e. The molecule has 0 aliphatic rings. The lowest BCUT2D eigenvalue weighted by atomic mass is 9.96. The molecule has 0 saturated heterocycles. The summed E-state index contributed by atoms with van der Waals surface area (Å²) in [7, 11) is 0. The molecule has 0 amide bonds. The Morgan fingerprint density at radius 1 is 1.19 bits per heavy atom. The average molecular weight is 251 g/mol. The van der Waals surface area contributed by atoms with Crippen LogP contribution >= 0.6 is 22.9 Å². The molecule has 0 atom stereocenters. The summed E-state index contributed by atoms with van der Waals surface area (Å²) in [6.45, 7) is 6.45. The van der Waals surface area contributed by atoms with Crippen LogP contribution in [-0.4, -0.2) is 0 Å². The number of alkyl halides is 1. The SMILES string of the molecule is Cc1ccc(C)c(-c2c(CCl)csc2C)c1. The van der Waals surface area contributed by atoms with Gasteiger partial charge in [-0.05, 0) is 48.4 Å². The first-order valence-corrected chi connectivity index (χ1v) is 6.75. The highest BCUT2D eigenvalue weighted by Crippen LogP contribution is 2.35. The molecule has 1 heterocycles. The average Bonchev–Trinajstić information content (AvgIpc) is 2.63. The fourth-order valence-electron chi connectivity index (χ4n) is 1.97. The number of rotatable bonds is 2. The molecule has 2 rings (SSSR count). The molecule has 1 aromatic heterocycles. The van der Waals surface area contributed by atoms with Crippen LogP contribution in [0.3, 0.4) is 0 Å². The summed E-state index contributed by atoms with van der Waals surface area (Å²) in [4.78, 5) is 1.35. The number of thiophene rings is 1. The maximum atomic E-state index is 5.99. The van der Waals surface area contributed by atoms with Crippen LogP contribution in [0, 0.1) is 20.8 Å². The predicted octanol–water partition coefficient (Wildman–Crippen LogP) is 5.08. The molecule has 2 aromatic rings. The molecule has 0 fully saturated rings. The number of hydrogen-bond acceptors (Lipinski definition) is 1. The lowest BCUT2D eigenvalue weighted by molar-refractivity contribution is 1.36. The van der Waals surface area contributed by atoms with Crippen molar-refractivity contribution in [2.45, 2.75) is 26.7 Å². The molecule has 0 aliphatic heterocycles. The van der Waals surface area contributed by atoms with Gasteiger partial charge < -0.3 is 0 Å². The summed E-state index contributed by atoms with van der Waals surface area (Å²) in [6.07, 6.45) is 0. The summed E-state index contributed by atoms with van der Waals surface area (Å²) in [5.74, 6) is 0.590. The fourth-order valence-corrected chi connectivity index (χ4v) is 3.15. The molecular formula is C14H15ClS. The smallest absolute Gasteiger partial charge is 0.0488 e. The second kappa shape index (κ2) is 4.60. The molecule has 0 spiro atoms. The van der Waals surface area contributed by atoms with Crippen LogP contribution in [0.2, 0.25) is 0 Å². The zero-order valence-corrected chi connectivity index (χ0v) is 11.4. The Balaban J connectivity index is 2.66. The molecule has 0 unspecified atom stereocenters. The quantitative estimate of drug-likeness (QED) is 0.652. The summed E-state index contributed by atoms with van der Waals surface area (Å²) in [6, 6.07) is 6.58. The van der Waals surface area contributed by atoms with E-state index in [9.17, 15) is 0 Å². The van der Waals surface area contributed by atoms with Crippen molar-refractivity contribution in [1.82, 2.24) is 0 Å². The molecule has 0 aliphatic carbocycles. The van der Waals surface area contributed by atoms with Gasteiger partial charge in [0.15, 0.2) is 0 Å². The lowest BCUT2D eigenvalue weighted by Crippen LogP contribution is -1.88. The van der Waals surface area contributed by atoms with Crippen LogP contribution in [0.4, 0.5) is 0 Å². The van der Waals surface area contributed by atoms with Crippen LogP contribution in [0.25, 0.3) is 11.1 Å². The van der Waals surface area contributed by atoms with E-state index >= 15 is 0 Å². The number of aryl methyl sites for hydroxylation is 3.